The normalized spacial score (nSPS) is 12.6. The highest BCUT2D eigenvalue weighted by atomic mass is 32.2. The Kier molecular flexibility index (Phi) is 3.98. The summed E-state index contributed by atoms with van der Waals surface area (Å²) in [5.41, 5.74) is 0.646. The van der Waals surface area contributed by atoms with Gasteiger partial charge in [-0.05, 0) is 17.7 Å². The van der Waals surface area contributed by atoms with Crippen molar-refractivity contribution in [3.8, 4) is 6.07 Å². The van der Waals surface area contributed by atoms with Gasteiger partial charge >= 0.3 is 0 Å². The van der Waals surface area contributed by atoms with Crippen molar-refractivity contribution in [3.05, 3.63) is 66.2 Å². The molecule has 0 saturated carbocycles. The lowest BCUT2D eigenvalue weighted by molar-refractivity contribution is 0.582. The van der Waals surface area contributed by atoms with Crippen molar-refractivity contribution < 1.29 is 8.42 Å². The molecule has 0 heterocycles. The van der Waals surface area contributed by atoms with Crippen LogP contribution >= 0.6 is 0 Å². The molecule has 0 saturated heterocycles. The van der Waals surface area contributed by atoms with Crippen LogP contribution in [-0.2, 0) is 9.84 Å². The molecule has 0 bridgehead atoms. The smallest absolute Gasteiger partial charge is 0.186 e. The van der Waals surface area contributed by atoms with E-state index in [4.69, 9.17) is 5.26 Å². The minimum absolute atomic E-state index is 0.0543. The van der Waals surface area contributed by atoms with E-state index in [0.29, 0.717) is 5.56 Å². The van der Waals surface area contributed by atoms with Gasteiger partial charge in [0.2, 0.25) is 0 Å². The van der Waals surface area contributed by atoms with Crippen LogP contribution in [0.4, 0.5) is 0 Å². The lowest BCUT2D eigenvalue weighted by Crippen LogP contribution is -2.13. The topological polar surface area (TPSA) is 57.9 Å². The molecule has 0 fully saturated rings. The van der Waals surface area contributed by atoms with Crippen LogP contribution in [0.15, 0.2) is 65.6 Å². The third-order valence-corrected chi connectivity index (χ3v) is 5.01. The summed E-state index contributed by atoms with van der Waals surface area (Å²) in [6, 6.07) is 19.1. The van der Waals surface area contributed by atoms with Crippen molar-refractivity contribution in [2.45, 2.75) is 16.6 Å². The van der Waals surface area contributed by atoms with Gasteiger partial charge in [0.05, 0.1) is 17.4 Å². The first-order valence-electron chi connectivity index (χ1n) is 5.87. The predicted molar refractivity (Wildman–Crippen MR) is 73.0 cm³/mol. The number of sulfone groups is 1. The Morgan fingerprint density at radius 1 is 0.947 bits per heavy atom. The van der Waals surface area contributed by atoms with E-state index in [1.54, 1.807) is 54.6 Å². The van der Waals surface area contributed by atoms with Gasteiger partial charge in [0.25, 0.3) is 0 Å². The van der Waals surface area contributed by atoms with Crippen molar-refractivity contribution in [1.29, 1.82) is 5.26 Å². The molecular weight excluding hydrogens is 258 g/mol. The zero-order valence-electron chi connectivity index (χ0n) is 10.2. The molecule has 2 rings (SSSR count). The van der Waals surface area contributed by atoms with Crippen molar-refractivity contribution >= 4 is 9.84 Å². The van der Waals surface area contributed by atoms with E-state index in [0.717, 1.165) is 0 Å². The van der Waals surface area contributed by atoms with Crippen molar-refractivity contribution in [2.24, 2.45) is 0 Å². The summed E-state index contributed by atoms with van der Waals surface area (Å²) in [4.78, 5) is 0.249. The number of nitriles is 1. The Bertz CT molecular complexity index is 673. The standard InChI is InChI=1S/C15H13NO2S/c16-12-11-15(13-7-3-1-4-8-13)19(17,18)14-9-5-2-6-10-14/h1-10,15H,11H2. The fourth-order valence-corrected chi connectivity index (χ4v) is 3.61. The van der Waals surface area contributed by atoms with Crippen LogP contribution in [0, 0.1) is 11.3 Å². The van der Waals surface area contributed by atoms with E-state index < -0.39 is 15.1 Å². The highest BCUT2D eigenvalue weighted by Gasteiger charge is 2.28. The molecule has 0 amide bonds. The Morgan fingerprint density at radius 3 is 2.00 bits per heavy atom. The largest absolute Gasteiger partial charge is 0.223 e. The Morgan fingerprint density at radius 2 is 1.47 bits per heavy atom. The average molecular weight is 271 g/mol. The molecule has 2 aromatic rings. The van der Waals surface area contributed by atoms with Crippen LogP contribution in [0.1, 0.15) is 17.2 Å². The van der Waals surface area contributed by atoms with E-state index in [-0.39, 0.29) is 11.3 Å². The molecule has 0 aromatic heterocycles. The second-order valence-corrected chi connectivity index (χ2v) is 6.25. The third-order valence-electron chi connectivity index (χ3n) is 2.89. The van der Waals surface area contributed by atoms with Crippen LogP contribution in [-0.4, -0.2) is 8.42 Å². The van der Waals surface area contributed by atoms with Crippen LogP contribution < -0.4 is 0 Å². The minimum atomic E-state index is -3.54. The zero-order valence-corrected chi connectivity index (χ0v) is 11.0. The molecule has 0 spiro atoms. The summed E-state index contributed by atoms with van der Waals surface area (Å²) in [6.07, 6.45) is -0.0543. The molecule has 0 aliphatic heterocycles. The lowest BCUT2D eigenvalue weighted by atomic mass is 10.1. The third kappa shape index (κ3) is 2.83. The molecule has 96 valence electrons. The zero-order chi connectivity index (χ0) is 13.7. The highest BCUT2D eigenvalue weighted by Crippen LogP contribution is 2.31. The summed E-state index contributed by atoms with van der Waals surface area (Å²) in [5, 5.41) is 8.08. The van der Waals surface area contributed by atoms with Crippen LogP contribution in [0.3, 0.4) is 0 Å². The molecule has 0 aliphatic carbocycles. The SMILES string of the molecule is N#CCC(c1ccccc1)S(=O)(=O)c1ccccc1. The van der Waals surface area contributed by atoms with Gasteiger partial charge in [-0.1, -0.05) is 48.5 Å². The molecule has 0 radical (unpaired) electrons. The molecule has 1 atom stereocenters. The fraction of sp³-hybridized carbons (Fsp3) is 0.133. The lowest BCUT2D eigenvalue weighted by Gasteiger charge is -2.15. The van der Waals surface area contributed by atoms with Crippen LogP contribution in [0.2, 0.25) is 0 Å². The van der Waals surface area contributed by atoms with Crippen LogP contribution in [0.5, 0.6) is 0 Å². The molecule has 1 unspecified atom stereocenters. The maximum absolute atomic E-state index is 12.6. The number of hydrogen-bond acceptors (Lipinski definition) is 3. The first kappa shape index (κ1) is 13.3. The van der Waals surface area contributed by atoms with Gasteiger partial charge in [-0.15, -0.1) is 0 Å². The fourth-order valence-electron chi connectivity index (χ4n) is 1.93. The van der Waals surface area contributed by atoms with Gasteiger partial charge in [0.15, 0.2) is 9.84 Å². The second-order valence-electron chi connectivity index (χ2n) is 4.12. The minimum Gasteiger partial charge on any atom is -0.223 e. The maximum atomic E-state index is 12.6. The first-order valence-corrected chi connectivity index (χ1v) is 7.41. The van der Waals surface area contributed by atoms with Crippen molar-refractivity contribution in [2.75, 3.05) is 0 Å². The molecule has 0 aliphatic rings. The molecule has 4 heteroatoms. The van der Waals surface area contributed by atoms with Crippen LogP contribution in [0.25, 0.3) is 0 Å². The molecular formula is C15H13NO2S. The Labute approximate surface area is 113 Å². The summed E-state index contributed by atoms with van der Waals surface area (Å²) in [5.74, 6) is 0. The second kappa shape index (κ2) is 5.68. The summed E-state index contributed by atoms with van der Waals surface area (Å²) >= 11 is 0. The average Bonchev–Trinajstić information content (AvgIpc) is 2.46. The molecule has 2 aromatic carbocycles. The Balaban J connectivity index is 2.49. The van der Waals surface area contributed by atoms with Crippen molar-refractivity contribution in [1.82, 2.24) is 0 Å². The van der Waals surface area contributed by atoms with E-state index >= 15 is 0 Å². The molecule has 19 heavy (non-hydrogen) atoms. The van der Waals surface area contributed by atoms with Gasteiger partial charge in [-0.3, -0.25) is 0 Å². The number of benzene rings is 2. The number of rotatable bonds is 4. The molecule has 0 N–H and O–H groups in total. The van der Waals surface area contributed by atoms with Gasteiger partial charge < -0.3 is 0 Å². The molecule has 3 nitrogen and oxygen atoms in total. The first-order chi connectivity index (χ1) is 9.16. The number of hydrogen-bond donors (Lipinski definition) is 0. The maximum Gasteiger partial charge on any atom is 0.186 e. The summed E-state index contributed by atoms with van der Waals surface area (Å²) in [7, 11) is -3.54. The number of nitrogens with zero attached hydrogens (tertiary/aromatic N) is 1. The van der Waals surface area contributed by atoms with E-state index in [1.807, 2.05) is 12.1 Å². The predicted octanol–water partition coefficient (Wildman–Crippen LogP) is 3.12. The van der Waals surface area contributed by atoms with E-state index in [2.05, 4.69) is 0 Å². The van der Waals surface area contributed by atoms with E-state index in [9.17, 15) is 8.42 Å². The summed E-state index contributed by atoms with van der Waals surface area (Å²) < 4.78 is 25.1. The summed E-state index contributed by atoms with van der Waals surface area (Å²) in [6.45, 7) is 0. The van der Waals surface area contributed by atoms with Gasteiger partial charge in [0, 0.05) is 0 Å². The Hall–Kier alpha value is -2.12. The quantitative estimate of drug-likeness (QED) is 0.858. The van der Waals surface area contributed by atoms with Gasteiger partial charge in [-0.2, -0.15) is 5.26 Å². The monoisotopic (exact) mass is 271 g/mol. The van der Waals surface area contributed by atoms with Crippen molar-refractivity contribution in [3.63, 3.8) is 0 Å². The van der Waals surface area contributed by atoms with Gasteiger partial charge in [-0.25, -0.2) is 8.42 Å². The van der Waals surface area contributed by atoms with E-state index in [1.165, 1.54) is 0 Å². The highest BCUT2D eigenvalue weighted by molar-refractivity contribution is 7.91. The van der Waals surface area contributed by atoms with Gasteiger partial charge in [0.1, 0.15) is 5.25 Å².